The van der Waals surface area contributed by atoms with Gasteiger partial charge < -0.3 is 21.7 Å². The molecule has 2 aromatic heterocycles. The summed E-state index contributed by atoms with van der Waals surface area (Å²) in [5, 5.41) is 17.8. The second-order valence-electron chi connectivity index (χ2n) is 7.75. The maximum atomic E-state index is 10.0. The van der Waals surface area contributed by atoms with Crippen molar-refractivity contribution in [3.05, 3.63) is 47.5 Å². The van der Waals surface area contributed by atoms with Gasteiger partial charge in [0.2, 0.25) is 0 Å². The minimum atomic E-state index is -0.784. The molecule has 182 valence electrons. The summed E-state index contributed by atoms with van der Waals surface area (Å²) in [6.45, 7) is 4.13. The van der Waals surface area contributed by atoms with E-state index in [0.29, 0.717) is 23.1 Å². The van der Waals surface area contributed by atoms with Crippen molar-refractivity contribution in [3.63, 3.8) is 0 Å². The molecular formula is C24H30N4O4S2. The Hall–Kier alpha value is -3.24. The lowest BCUT2D eigenvalue weighted by molar-refractivity contribution is -0.138. The fraction of sp³-hybridized carbons (Fsp3) is 0.333. The van der Waals surface area contributed by atoms with Crippen LogP contribution in [0.15, 0.2) is 36.4 Å². The number of benzene rings is 2. The molecule has 0 aliphatic heterocycles. The molecule has 8 nitrogen and oxygen atoms in total. The first-order valence-corrected chi connectivity index (χ1v) is 12.5. The van der Waals surface area contributed by atoms with Gasteiger partial charge in [-0.1, -0.05) is 47.6 Å². The second-order valence-corrected chi connectivity index (χ2v) is 9.87. The van der Waals surface area contributed by atoms with Crippen LogP contribution in [0.4, 0.5) is 10.3 Å². The highest BCUT2D eigenvalue weighted by atomic mass is 32.1. The molecule has 0 radical (unpaired) electrons. The predicted molar refractivity (Wildman–Crippen MR) is 141 cm³/mol. The molecule has 0 amide bonds. The van der Waals surface area contributed by atoms with Crippen LogP contribution in [0, 0.1) is 13.8 Å². The first-order valence-electron chi connectivity index (χ1n) is 10.8. The summed E-state index contributed by atoms with van der Waals surface area (Å²) >= 11 is 3.07. The molecule has 0 bridgehead atoms. The minimum absolute atomic E-state index is 0.188. The van der Waals surface area contributed by atoms with Gasteiger partial charge in [-0.05, 0) is 62.1 Å². The van der Waals surface area contributed by atoms with Gasteiger partial charge in [0.25, 0.3) is 0 Å². The minimum Gasteiger partial charge on any atom is -0.481 e. The summed E-state index contributed by atoms with van der Waals surface area (Å²) in [7, 11) is 0. The van der Waals surface area contributed by atoms with Crippen LogP contribution in [-0.4, -0.2) is 32.1 Å². The monoisotopic (exact) mass is 502 g/mol. The third kappa shape index (κ3) is 9.72. The summed E-state index contributed by atoms with van der Waals surface area (Å²) in [6.07, 6.45) is 3.28. The molecule has 0 saturated carbocycles. The molecule has 10 heteroatoms. The number of rotatable bonds is 7. The molecule has 0 aliphatic rings. The van der Waals surface area contributed by atoms with E-state index < -0.39 is 11.9 Å². The van der Waals surface area contributed by atoms with Gasteiger partial charge in [-0.15, -0.1) is 0 Å². The number of fused-ring (bicyclic) bond motifs is 2. The van der Waals surface area contributed by atoms with E-state index in [1.165, 1.54) is 43.2 Å². The lowest BCUT2D eigenvalue weighted by atomic mass is 10.1. The van der Waals surface area contributed by atoms with E-state index >= 15 is 0 Å². The van der Waals surface area contributed by atoms with Crippen molar-refractivity contribution in [2.45, 2.75) is 52.4 Å². The fourth-order valence-corrected chi connectivity index (χ4v) is 4.67. The van der Waals surface area contributed by atoms with E-state index in [2.05, 4.69) is 35.9 Å². The van der Waals surface area contributed by atoms with Crippen LogP contribution in [-0.2, 0) is 9.59 Å². The average Bonchev–Trinajstić information content (AvgIpc) is 3.30. The Labute approximate surface area is 206 Å². The Bertz CT molecular complexity index is 1140. The van der Waals surface area contributed by atoms with Crippen LogP contribution in [0.3, 0.4) is 0 Å². The quantitative estimate of drug-likeness (QED) is 0.229. The van der Waals surface area contributed by atoms with Crippen LogP contribution in [0.25, 0.3) is 20.4 Å². The van der Waals surface area contributed by atoms with Crippen LogP contribution < -0.4 is 11.5 Å². The number of nitrogens with two attached hydrogens (primary N) is 2. The van der Waals surface area contributed by atoms with Crippen molar-refractivity contribution in [3.8, 4) is 0 Å². The van der Waals surface area contributed by atoms with E-state index in [9.17, 15) is 9.59 Å². The van der Waals surface area contributed by atoms with Crippen LogP contribution in [0.1, 0.15) is 49.7 Å². The Kier molecular flexibility index (Phi) is 10.7. The zero-order valence-electron chi connectivity index (χ0n) is 19.3. The van der Waals surface area contributed by atoms with Gasteiger partial charge in [-0.25, -0.2) is 9.97 Å². The molecule has 6 N–H and O–H groups in total. The van der Waals surface area contributed by atoms with Crippen LogP contribution in [0.2, 0.25) is 0 Å². The molecular weight excluding hydrogens is 472 g/mol. The Balaban J connectivity index is 0.000000180. The normalized spacial score (nSPS) is 10.3. The lowest BCUT2D eigenvalue weighted by Gasteiger charge is -1.96. The lowest BCUT2D eigenvalue weighted by Crippen LogP contribution is -1.95. The van der Waals surface area contributed by atoms with Gasteiger partial charge in [-0.2, -0.15) is 0 Å². The highest BCUT2D eigenvalue weighted by molar-refractivity contribution is 7.22. The van der Waals surface area contributed by atoms with E-state index in [1.54, 1.807) is 0 Å². The van der Waals surface area contributed by atoms with Crippen molar-refractivity contribution in [2.75, 3.05) is 11.5 Å². The molecule has 2 heterocycles. The molecule has 0 aliphatic carbocycles. The Morgan fingerprint density at radius 2 is 1.12 bits per heavy atom. The van der Waals surface area contributed by atoms with E-state index in [1.807, 2.05) is 24.3 Å². The number of carboxylic acids is 2. The highest BCUT2D eigenvalue weighted by Crippen LogP contribution is 2.24. The summed E-state index contributed by atoms with van der Waals surface area (Å²) in [5.74, 6) is -1.57. The summed E-state index contributed by atoms with van der Waals surface area (Å²) in [4.78, 5) is 28.4. The average molecular weight is 503 g/mol. The number of hydrogen-bond donors (Lipinski definition) is 4. The van der Waals surface area contributed by atoms with E-state index in [0.717, 1.165) is 23.9 Å². The van der Waals surface area contributed by atoms with Gasteiger partial charge in [0.15, 0.2) is 10.3 Å². The summed E-state index contributed by atoms with van der Waals surface area (Å²) in [5.41, 5.74) is 15.6. The fourth-order valence-electron chi connectivity index (χ4n) is 3.01. The predicted octanol–water partition coefficient (Wildman–Crippen LogP) is 5.87. The van der Waals surface area contributed by atoms with Crippen molar-refractivity contribution in [1.29, 1.82) is 0 Å². The largest absolute Gasteiger partial charge is 0.481 e. The number of nitrogen functional groups attached to an aromatic ring is 2. The van der Waals surface area contributed by atoms with Crippen LogP contribution in [0.5, 0.6) is 0 Å². The molecule has 4 aromatic rings. The molecule has 0 saturated heterocycles. The van der Waals surface area contributed by atoms with Crippen LogP contribution >= 0.6 is 22.7 Å². The van der Waals surface area contributed by atoms with Gasteiger partial charge in [-0.3, -0.25) is 9.59 Å². The number of hydrogen-bond acceptors (Lipinski definition) is 8. The molecule has 2 aromatic carbocycles. The Morgan fingerprint density at radius 1 is 0.735 bits per heavy atom. The summed E-state index contributed by atoms with van der Waals surface area (Å²) < 4.78 is 2.34. The third-order valence-electron chi connectivity index (χ3n) is 4.65. The first kappa shape index (κ1) is 27.0. The SMILES string of the molecule is Cc1ccc2nc(N)sc2c1.Cc1ccc2nc(N)sc2c1.O=C(O)CCCCCCC(=O)O. The number of aromatic nitrogens is 2. The van der Waals surface area contributed by atoms with Crippen molar-refractivity contribution in [1.82, 2.24) is 9.97 Å². The number of aliphatic carboxylic acids is 2. The molecule has 34 heavy (non-hydrogen) atoms. The second kappa shape index (κ2) is 13.5. The number of thiazole rings is 2. The molecule has 0 atom stereocenters. The van der Waals surface area contributed by atoms with E-state index in [-0.39, 0.29) is 12.8 Å². The maximum absolute atomic E-state index is 10.0. The standard InChI is InChI=1S/2C8H8N2S.C8H14O4/c2*1-5-2-3-6-7(4-5)11-8(9)10-6;9-7(10)5-3-1-2-4-6-8(11)12/h2*2-4H,1H3,(H2,9,10);1-6H2,(H,9,10)(H,11,12). The van der Waals surface area contributed by atoms with Gasteiger partial charge in [0.05, 0.1) is 20.4 Å². The number of nitrogens with zero attached hydrogens (tertiary/aromatic N) is 2. The van der Waals surface area contributed by atoms with Crippen molar-refractivity contribution >= 4 is 65.3 Å². The highest BCUT2D eigenvalue weighted by Gasteiger charge is 2.00. The number of aryl methyl sites for hydroxylation is 2. The molecule has 0 spiro atoms. The van der Waals surface area contributed by atoms with Crippen molar-refractivity contribution < 1.29 is 19.8 Å². The smallest absolute Gasteiger partial charge is 0.303 e. The molecule has 4 rings (SSSR count). The third-order valence-corrected chi connectivity index (χ3v) is 6.35. The van der Waals surface area contributed by atoms with Gasteiger partial charge in [0, 0.05) is 12.8 Å². The number of carboxylic acid groups (broad SMARTS) is 2. The summed E-state index contributed by atoms with van der Waals surface area (Å²) in [6, 6.07) is 12.3. The number of anilines is 2. The van der Waals surface area contributed by atoms with Gasteiger partial charge in [0.1, 0.15) is 0 Å². The topological polar surface area (TPSA) is 152 Å². The molecule has 0 fully saturated rings. The molecule has 0 unspecified atom stereocenters. The maximum Gasteiger partial charge on any atom is 0.303 e. The number of unbranched alkanes of at least 4 members (excludes halogenated alkanes) is 3. The van der Waals surface area contributed by atoms with Gasteiger partial charge >= 0.3 is 11.9 Å². The van der Waals surface area contributed by atoms with E-state index in [4.69, 9.17) is 21.7 Å². The number of carbonyl (C=O) groups is 2. The Morgan fingerprint density at radius 3 is 1.47 bits per heavy atom. The first-order chi connectivity index (χ1) is 16.1. The van der Waals surface area contributed by atoms with Crippen molar-refractivity contribution in [2.24, 2.45) is 0 Å². The zero-order chi connectivity index (χ0) is 25.1. The zero-order valence-corrected chi connectivity index (χ0v) is 20.9.